The maximum atomic E-state index is 10.7. The predicted octanol–water partition coefficient (Wildman–Crippen LogP) is 2.35. The number of hydrogen-bond donors (Lipinski definition) is 1. The van der Waals surface area contributed by atoms with Crippen LogP contribution in [0.3, 0.4) is 0 Å². The SMILES string of the molecule is CC1C=CN(c2ccc(C(=O)O)cc2)C1. The number of anilines is 1. The Balaban J connectivity index is 2.17. The van der Waals surface area contributed by atoms with Gasteiger partial charge in [-0.3, -0.25) is 0 Å². The molecule has 0 amide bonds. The van der Waals surface area contributed by atoms with Crippen LogP contribution >= 0.6 is 0 Å². The van der Waals surface area contributed by atoms with E-state index < -0.39 is 5.97 Å². The lowest BCUT2D eigenvalue weighted by molar-refractivity contribution is 0.0697. The van der Waals surface area contributed by atoms with Crippen LogP contribution in [-0.2, 0) is 0 Å². The molecule has 1 unspecified atom stereocenters. The summed E-state index contributed by atoms with van der Waals surface area (Å²) in [5.41, 5.74) is 1.37. The van der Waals surface area contributed by atoms with Crippen molar-refractivity contribution in [1.82, 2.24) is 0 Å². The number of carboxylic acid groups (broad SMARTS) is 1. The molecule has 3 heteroatoms. The van der Waals surface area contributed by atoms with E-state index in [4.69, 9.17) is 5.11 Å². The fourth-order valence-electron chi connectivity index (χ4n) is 1.67. The highest BCUT2D eigenvalue weighted by Gasteiger charge is 2.13. The van der Waals surface area contributed by atoms with Crippen molar-refractivity contribution in [2.24, 2.45) is 5.92 Å². The molecule has 1 aliphatic heterocycles. The molecule has 0 fully saturated rings. The highest BCUT2D eigenvalue weighted by Crippen LogP contribution is 2.21. The van der Waals surface area contributed by atoms with E-state index in [-0.39, 0.29) is 0 Å². The Bertz CT molecular complexity index is 395. The first-order chi connectivity index (χ1) is 7.16. The molecular formula is C12H13NO2. The molecule has 1 aromatic carbocycles. The number of benzene rings is 1. The second-order valence-corrected chi connectivity index (χ2v) is 3.82. The first kappa shape index (κ1) is 9.77. The third kappa shape index (κ3) is 2.01. The minimum absolute atomic E-state index is 0.329. The van der Waals surface area contributed by atoms with Gasteiger partial charge < -0.3 is 10.0 Å². The molecule has 1 aromatic rings. The van der Waals surface area contributed by atoms with Crippen LogP contribution < -0.4 is 4.90 Å². The van der Waals surface area contributed by atoms with Crippen LogP contribution in [0.15, 0.2) is 36.5 Å². The smallest absolute Gasteiger partial charge is 0.335 e. The molecule has 1 N–H and O–H groups in total. The second kappa shape index (κ2) is 3.77. The van der Waals surface area contributed by atoms with Gasteiger partial charge in [0.25, 0.3) is 0 Å². The predicted molar refractivity (Wildman–Crippen MR) is 59.1 cm³/mol. The maximum Gasteiger partial charge on any atom is 0.335 e. The largest absolute Gasteiger partial charge is 0.478 e. The molecule has 15 heavy (non-hydrogen) atoms. The summed E-state index contributed by atoms with van der Waals surface area (Å²) in [4.78, 5) is 12.8. The molecule has 1 heterocycles. The summed E-state index contributed by atoms with van der Waals surface area (Å²) in [6.45, 7) is 3.12. The normalized spacial score (nSPS) is 19.5. The Kier molecular flexibility index (Phi) is 2.46. The molecule has 0 aromatic heterocycles. The highest BCUT2D eigenvalue weighted by atomic mass is 16.4. The van der Waals surface area contributed by atoms with E-state index in [2.05, 4.69) is 17.9 Å². The Morgan fingerprint density at radius 1 is 1.40 bits per heavy atom. The maximum absolute atomic E-state index is 10.7. The average Bonchev–Trinajstić information content (AvgIpc) is 2.65. The first-order valence-corrected chi connectivity index (χ1v) is 4.95. The molecular weight excluding hydrogens is 190 g/mol. The Labute approximate surface area is 88.6 Å². The fraction of sp³-hybridized carbons (Fsp3) is 0.250. The molecule has 0 bridgehead atoms. The van der Waals surface area contributed by atoms with Crippen molar-refractivity contribution in [3.63, 3.8) is 0 Å². The zero-order chi connectivity index (χ0) is 10.8. The van der Waals surface area contributed by atoms with Gasteiger partial charge in [0, 0.05) is 18.4 Å². The van der Waals surface area contributed by atoms with Crippen molar-refractivity contribution < 1.29 is 9.90 Å². The van der Waals surface area contributed by atoms with Crippen molar-refractivity contribution in [3.05, 3.63) is 42.1 Å². The van der Waals surface area contributed by atoms with E-state index in [1.54, 1.807) is 12.1 Å². The topological polar surface area (TPSA) is 40.5 Å². The summed E-state index contributed by atoms with van der Waals surface area (Å²) in [6.07, 6.45) is 4.19. The van der Waals surface area contributed by atoms with Crippen LogP contribution in [-0.4, -0.2) is 17.6 Å². The lowest BCUT2D eigenvalue weighted by Gasteiger charge is -2.16. The van der Waals surface area contributed by atoms with Gasteiger partial charge in [0.05, 0.1) is 5.56 Å². The molecule has 0 radical (unpaired) electrons. The Morgan fingerprint density at radius 3 is 2.53 bits per heavy atom. The van der Waals surface area contributed by atoms with E-state index in [0.29, 0.717) is 11.5 Å². The molecule has 1 atom stereocenters. The molecule has 3 nitrogen and oxygen atoms in total. The minimum Gasteiger partial charge on any atom is -0.478 e. The van der Waals surface area contributed by atoms with E-state index in [1.807, 2.05) is 18.3 Å². The zero-order valence-corrected chi connectivity index (χ0v) is 8.55. The van der Waals surface area contributed by atoms with E-state index in [9.17, 15) is 4.79 Å². The zero-order valence-electron chi connectivity index (χ0n) is 8.55. The van der Waals surface area contributed by atoms with Crippen molar-refractivity contribution in [2.75, 3.05) is 11.4 Å². The van der Waals surface area contributed by atoms with Gasteiger partial charge in [0.1, 0.15) is 0 Å². The van der Waals surface area contributed by atoms with Gasteiger partial charge in [0.15, 0.2) is 0 Å². The average molecular weight is 203 g/mol. The van der Waals surface area contributed by atoms with Crippen LogP contribution in [0.25, 0.3) is 0 Å². The monoisotopic (exact) mass is 203 g/mol. The standard InChI is InChI=1S/C12H13NO2/c1-9-6-7-13(8-9)11-4-2-10(3-5-11)12(14)15/h2-7,9H,8H2,1H3,(H,14,15). The third-order valence-electron chi connectivity index (χ3n) is 2.53. The van der Waals surface area contributed by atoms with Gasteiger partial charge in [-0.15, -0.1) is 0 Å². The van der Waals surface area contributed by atoms with Crippen LogP contribution in [0.5, 0.6) is 0 Å². The Hall–Kier alpha value is -1.77. The highest BCUT2D eigenvalue weighted by molar-refractivity contribution is 5.88. The van der Waals surface area contributed by atoms with Crippen LogP contribution in [0.4, 0.5) is 5.69 Å². The third-order valence-corrected chi connectivity index (χ3v) is 2.53. The number of hydrogen-bond acceptors (Lipinski definition) is 2. The van der Waals surface area contributed by atoms with Gasteiger partial charge in [-0.25, -0.2) is 4.79 Å². The minimum atomic E-state index is -0.883. The molecule has 1 aliphatic rings. The quantitative estimate of drug-likeness (QED) is 0.802. The molecule has 0 aliphatic carbocycles. The summed E-state index contributed by atoms with van der Waals surface area (Å²) in [5.74, 6) is -0.323. The van der Waals surface area contributed by atoms with Gasteiger partial charge in [-0.05, 0) is 30.2 Å². The number of rotatable bonds is 2. The molecule has 0 saturated carbocycles. The summed E-state index contributed by atoms with van der Waals surface area (Å²) in [6, 6.07) is 6.95. The number of aromatic carboxylic acids is 1. The van der Waals surface area contributed by atoms with Gasteiger partial charge in [0.2, 0.25) is 0 Å². The van der Waals surface area contributed by atoms with E-state index >= 15 is 0 Å². The van der Waals surface area contributed by atoms with Crippen molar-refractivity contribution in [1.29, 1.82) is 0 Å². The van der Waals surface area contributed by atoms with Crippen LogP contribution in [0.2, 0.25) is 0 Å². The second-order valence-electron chi connectivity index (χ2n) is 3.82. The fourth-order valence-corrected chi connectivity index (χ4v) is 1.67. The van der Waals surface area contributed by atoms with Gasteiger partial charge in [-0.1, -0.05) is 13.0 Å². The van der Waals surface area contributed by atoms with Crippen molar-refractivity contribution in [3.8, 4) is 0 Å². The van der Waals surface area contributed by atoms with E-state index in [0.717, 1.165) is 12.2 Å². The molecule has 2 rings (SSSR count). The summed E-state index contributed by atoms with van der Waals surface area (Å²) in [5, 5.41) is 8.76. The Morgan fingerprint density at radius 2 is 2.07 bits per heavy atom. The van der Waals surface area contributed by atoms with Crippen molar-refractivity contribution >= 4 is 11.7 Å². The van der Waals surface area contributed by atoms with Gasteiger partial charge in [-0.2, -0.15) is 0 Å². The number of nitrogens with zero attached hydrogens (tertiary/aromatic N) is 1. The van der Waals surface area contributed by atoms with Crippen LogP contribution in [0.1, 0.15) is 17.3 Å². The van der Waals surface area contributed by atoms with Gasteiger partial charge >= 0.3 is 5.97 Å². The number of carboxylic acids is 1. The lowest BCUT2D eigenvalue weighted by Crippen LogP contribution is -2.15. The summed E-state index contributed by atoms with van der Waals surface area (Å²) in [7, 11) is 0. The van der Waals surface area contributed by atoms with Crippen LogP contribution in [0, 0.1) is 5.92 Å². The summed E-state index contributed by atoms with van der Waals surface area (Å²) >= 11 is 0. The lowest BCUT2D eigenvalue weighted by atomic mass is 10.2. The van der Waals surface area contributed by atoms with E-state index in [1.165, 1.54) is 0 Å². The molecule has 78 valence electrons. The summed E-state index contributed by atoms with van der Waals surface area (Å²) < 4.78 is 0. The number of carbonyl (C=O) groups is 1. The molecule has 0 saturated heterocycles. The first-order valence-electron chi connectivity index (χ1n) is 4.95. The van der Waals surface area contributed by atoms with Crippen molar-refractivity contribution in [2.45, 2.75) is 6.92 Å². The molecule has 0 spiro atoms.